The molecule has 1 aliphatic rings. The third-order valence-electron chi connectivity index (χ3n) is 4.42. The van der Waals surface area contributed by atoms with Gasteiger partial charge in [-0.1, -0.05) is 38.5 Å². The quantitative estimate of drug-likeness (QED) is 0.586. The zero-order valence-corrected chi connectivity index (χ0v) is 18.9. The highest BCUT2D eigenvalue weighted by Crippen LogP contribution is 2.37. The maximum absolute atomic E-state index is 6.07. The topological polar surface area (TPSA) is 9.23 Å². The van der Waals surface area contributed by atoms with Crippen LogP contribution in [0.25, 0.3) is 0 Å². The Labute approximate surface area is 193 Å². The lowest BCUT2D eigenvalue weighted by molar-refractivity contribution is 0.316. The first-order valence-corrected chi connectivity index (χ1v) is 10.2. The molecule has 1 aromatic rings. The molecule has 0 N–H and O–H groups in total. The second-order valence-electron chi connectivity index (χ2n) is 7.73. The van der Waals surface area contributed by atoms with E-state index in [0.29, 0.717) is 6.61 Å². The molecule has 0 saturated carbocycles. The molecule has 0 fully saturated rings. The van der Waals surface area contributed by atoms with Crippen molar-refractivity contribution in [2.75, 3.05) is 6.61 Å². The molecule has 0 bridgehead atoms. The number of ether oxygens (including phenoxy) is 1. The van der Waals surface area contributed by atoms with Gasteiger partial charge in [-0.15, -0.1) is 6.42 Å². The van der Waals surface area contributed by atoms with Crippen LogP contribution in [0, 0.1) is 95.2 Å². The van der Waals surface area contributed by atoms with Gasteiger partial charge in [0.05, 0.1) is 6.61 Å². The van der Waals surface area contributed by atoms with Crippen molar-refractivity contribution in [3.63, 3.8) is 0 Å². The van der Waals surface area contributed by atoms with E-state index in [0.717, 1.165) is 47.3 Å². The molecule has 0 aliphatic carbocycles. The molecule has 0 amide bonds. The highest BCUT2D eigenvalue weighted by molar-refractivity contribution is 5.65. The minimum Gasteiger partial charge on any atom is -0.493 e. The van der Waals surface area contributed by atoms with Gasteiger partial charge >= 0.3 is 0 Å². The summed E-state index contributed by atoms with van der Waals surface area (Å²) in [6.45, 7) is 8.85. The van der Waals surface area contributed by atoms with E-state index >= 15 is 0 Å². The van der Waals surface area contributed by atoms with Crippen molar-refractivity contribution >= 4 is 0 Å². The Kier molecular flexibility index (Phi) is 9.10. The third kappa shape index (κ3) is 7.08. The van der Waals surface area contributed by atoms with E-state index in [1.54, 1.807) is 6.92 Å². The van der Waals surface area contributed by atoms with Crippen molar-refractivity contribution in [3.05, 3.63) is 28.3 Å². The zero-order chi connectivity index (χ0) is 23.2. The van der Waals surface area contributed by atoms with Gasteiger partial charge in [-0.05, 0) is 114 Å². The maximum Gasteiger partial charge on any atom is 0.124 e. The number of hydrogen-bond donors (Lipinski definition) is 0. The fourth-order valence-corrected chi connectivity index (χ4v) is 3.03. The van der Waals surface area contributed by atoms with Crippen molar-refractivity contribution in [1.82, 2.24) is 0 Å². The van der Waals surface area contributed by atoms with Gasteiger partial charge in [0.2, 0.25) is 0 Å². The summed E-state index contributed by atoms with van der Waals surface area (Å²) in [6.07, 6.45) is 8.01. The van der Waals surface area contributed by atoms with Crippen LogP contribution in [0.3, 0.4) is 0 Å². The summed E-state index contributed by atoms with van der Waals surface area (Å²) >= 11 is 0. The summed E-state index contributed by atoms with van der Waals surface area (Å²) in [5, 5.41) is 0. The lowest BCUT2D eigenvalue weighted by atomic mass is 9.80. The molecule has 2 rings (SSSR count). The molecule has 1 aromatic carbocycles. The number of rotatable bonds is 0. The first-order valence-electron chi connectivity index (χ1n) is 10.2. The van der Waals surface area contributed by atoms with Crippen molar-refractivity contribution in [2.24, 2.45) is 0 Å². The molecule has 32 heavy (non-hydrogen) atoms. The molecule has 0 unspecified atom stereocenters. The molecule has 152 valence electrons. The van der Waals surface area contributed by atoms with Gasteiger partial charge in [-0.2, -0.15) is 0 Å². The number of hydrogen-bond acceptors (Lipinski definition) is 1. The van der Waals surface area contributed by atoms with Gasteiger partial charge in [0, 0.05) is 16.7 Å². The largest absolute Gasteiger partial charge is 0.493 e. The minimum atomic E-state index is -0.169. The molecule has 1 aliphatic heterocycles. The highest BCUT2D eigenvalue weighted by Gasteiger charge is 2.25. The molecule has 1 heterocycles. The molecular formula is C31H22O. The second kappa shape index (κ2) is 12.3. The summed E-state index contributed by atoms with van der Waals surface area (Å²) < 4.78 is 6.07. The second-order valence-corrected chi connectivity index (χ2v) is 7.73. The monoisotopic (exact) mass is 410 g/mol. The SMILES string of the molecule is C#CC#CC#CC#Cc1c(C(C)(C)C)cc2c(c1C#CC#CC#CC#CC)CCCCO2. The van der Waals surface area contributed by atoms with Crippen molar-refractivity contribution in [3.8, 4) is 101 Å². The summed E-state index contributed by atoms with van der Waals surface area (Å²) in [6, 6.07) is 2.10. The Bertz CT molecular complexity index is 1370. The molecule has 0 spiro atoms. The van der Waals surface area contributed by atoms with Crippen molar-refractivity contribution in [1.29, 1.82) is 0 Å². The zero-order valence-electron chi connectivity index (χ0n) is 18.9. The smallest absolute Gasteiger partial charge is 0.124 e. The number of benzene rings is 1. The molecule has 0 aromatic heterocycles. The van der Waals surface area contributed by atoms with Gasteiger partial charge in [-0.25, -0.2) is 0 Å². The summed E-state index contributed by atoms with van der Waals surface area (Å²) in [5.74, 6) is 41.9. The first kappa shape index (κ1) is 23.8. The summed E-state index contributed by atoms with van der Waals surface area (Å²) in [4.78, 5) is 0. The van der Waals surface area contributed by atoms with Crippen LogP contribution in [0.2, 0.25) is 0 Å². The summed E-state index contributed by atoms with van der Waals surface area (Å²) in [5.41, 5.74) is 3.64. The lowest BCUT2D eigenvalue weighted by Gasteiger charge is -2.24. The van der Waals surface area contributed by atoms with Gasteiger partial charge in [-0.3, -0.25) is 0 Å². The standard InChI is InChI=1S/C31H22O/c1-6-8-10-12-14-16-17-21-26-27(22-18-15-13-11-9-7-2)29(31(3,4)5)25-30-28(26)23-19-20-24-32-30/h2,25H,19-20,23-24H2,1,3-5H3. The van der Waals surface area contributed by atoms with E-state index in [2.05, 4.69) is 116 Å². The Morgan fingerprint density at radius 3 is 2.00 bits per heavy atom. The van der Waals surface area contributed by atoms with Crippen LogP contribution >= 0.6 is 0 Å². The van der Waals surface area contributed by atoms with Crippen LogP contribution in [0.15, 0.2) is 6.07 Å². The van der Waals surface area contributed by atoms with Crippen molar-refractivity contribution < 1.29 is 4.74 Å². The maximum atomic E-state index is 6.07. The predicted molar refractivity (Wildman–Crippen MR) is 131 cm³/mol. The van der Waals surface area contributed by atoms with E-state index in [-0.39, 0.29) is 5.41 Å². The average Bonchev–Trinajstić information content (AvgIpc) is 3.00. The van der Waals surface area contributed by atoms with Crippen LogP contribution in [-0.2, 0) is 11.8 Å². The number of fused-ring (bicyclic) bond motifs is 1. The predicted octanol–water partition coefficient (Wildman–Crippen LogP) is 4.07. The van der Waals surface area contributed by atoms with E-state index in [4.69, 9.17) is 11.2 Å². The normalized spacial score (nSPS) is 10.3. The molecule has 1 heteroatoms. The first-order chi connectivity index (χ1) is 15.5. The van der Waals surface area contributed by atoms with Crippen LogP contribution in [0.4, 0.5) is 0 Å². The molecule has 0 atom stereocenters. The fourth-order valence-electron chi connectivity index (χ4n) is 3.03. The van der Waals surface area contributed by atoms with E-state index < -0.39 is 0 Å². The number of terminal acetylenes is 1. The van der Waals surface area contributed by atoms with Gasteiger partial charge in [0.1, 0.15) is 5.75 Å². The Hall–Kier alpha value is -4.50. The van der Waals surface area contributed by atoms with Crippen LogP contribution < -0.4 is 4.74 Å². The van der Waals surface area contributed by atoms with Crippen molar-refractivity contribution in [2.45, 2.75) is 52.4 Å². The third-order valence-corrected chi connectivity index (χ3v) is 4.42. The molecule has 0 saturated heterocycles. The van der Waals surface area contributed by atoms with Crippen LogP contribution in [-0.4, -0.2) is 6.61 Å². The molecule has 0 radical (unpaired) electrons. The average molecular weight is 411 g/mol. The van der Waals surface area contributed by atoms with Crippen LogP contribution in [0.5, 0.6) is 5.75 Å². The van der Waals surface area contributed by atoms with Gasteiger partial charge in [0.15, 0.2) is 0 Å². The summed E-state index contributed by atoms with van der Waals surface area (Å²) in [7, 11) is 0. The highest BCUT2D eigenvalue weighted by atomic mass is 16.5. The fraction of sp³-hybridized carbons (Fsp3) is 0.290. The minimum absolute atomic E-state index is 0.169. The van der Waals surface area contributed by atoms with E-state index in [1.165, 1.54) is 0 Å². The lowest BCUT2D eigenvalue weighted by Crippen LogP contribution is -2.16. The Balaban J connectivity index is 2.72. The van der Waals surface area contributed by atoms with Gasteiger partial charge < -0.3 is 4.74 Å². The Morgan fingerprint density at radius 2 is 1.38 bits per heavy atom. The molecule has 1 nitrogen and oxygen atoms in total. The van der Waals surface area contributed by atoms with E-state index in [9.17, 15) is 0 Å². The van der Waals surface area contributed by atoms with E-state index in [1.807, 2.05) is 0 Å². The Morgan fingerprint density at radius 1 is 0.781 bits per heavy atom. The van der Waals surface area contributed by atoms with Crippen LogP contribution in [0.1, 0.15) is 62.8 Å². The molecular weight excluding hydrogens is 388 g/mol. The van der Waals surface area contributed by atoms with Gasteiger partial charge in [0.25, 0.3) is 0 Å².